The third-order valence-corrected chi connectivity index (χ3v) is 1.70. The molecular formula is C7H8N4O. The fourth-order valence-electron chi connectivity index (χ4n) is 1.16. The van der Waals surface area contributed by atoms with Gasteiger partial charge >= 0.3 is 0 Å². The van der Waals surface area contributed by atoms with Crippen LogP contribution in [0.25, 0.3) is 0 Å². The van der Waals surface area contributed by atoms with Crippen LogP contribution in [-0.2, 0) is 4.79 Å². The second-order valence-electron chi connectivity index (χ2n) is 2.57. The number of anilines is 2. The van der Waals surface area contributed by atoms with Crippen molar-refractivity contribution in [3.63, 3.8) is 0 Å². The average Bonchev–Trinajstić information content (AvgIpc) is 2.04. The fourth-order valence-corrected chi connectivity index (χ4v) is 1.16. The van der Waals surface area contributed by atoms with Crippen LogP contribution in [0.3, 0.4) is 0 Å². The lowest BCUT2D eigenvalue weighted by molar-refractivity contribution is -0.115. The van der Waals surface area contributed by atoms with Crippen LogP contribution < -0.4 is 16.2 Å². The van der Waals surface area contributed by atoms with Crippen LogP contribution >= 0.6 is 0 Å². The third kappa shape index (κ3) is 0.998. The Kier molecular flexibility index (Phi) is 1.44. The fraction of sp³-hybridized carbons (Fsp3) is 0.143. The van der Waals surface area contributed by atoms with E-state index >= 15 is 0 Å². The minimum atomic E-state index is -0.113. The monoisotopic (exact) mass is 164 g/mol. The molecule has 1 amide bonds. The summed E-state index contributed by atoms with van der Waals surface area (Å²) in [6.45, 7) is 0.191. The Bertz CT molecular complexity index is 325. The van der Waals surface area contributed by atoms with E-state index in [1.165, 1.54) is 5.01 Å². The number of hydrogen-bond donors (Lipinski definition) is 2. The van der Waals surface area contributed by atoms with Crippen LogP contribution in [0.2, 0.25) is 0 Å². The number of fused-ring (bicyclic) bond motifs is 1. The normalized spacial score (nSPS) is 15.4. The molecular weight excluding hydrogens is 156 g/mol. The van der Waals surface area contributed by atoms with Gasteiger partial charge in [0.1, 0.15) is 6.54 Å². The van der Waals surface area contributed by atoms with E-state index in [0.29, 0.717) is 5.69 Å². The van der Waals surface area contributed by atoms with Crippen LogP contribution in [0.4, 0.5) is 11.4 Å². The number of nitrogens with one attached hydrogen (secondary N) is 1. The Labute approximate surface area is 69.2 Å². The number of amides is 1. The zero-order chi connectivity index (χ0) is 8.55. The molecule has 2 rings (SSSR count). The standard InChI is InChI=1S/C7H8N4O/c8-11-4-7(12)10-5-3-9-2-1-6(5)11/h1-3H,4,8H2,(H,10,12). The zero-order valence-electron chi connectivity index (χ0n) is 6.32. The summed E-state index contributed by atoms with van der Waals surface area (Å²) in [6.07, 6.45) is 3.21. The van der Waals surface area contributed by atoms with E-state index in [-0.39, 0.29) is 12.5 Å². The van der Waals surface area contributed by atoms with Gasteiger partial charge < -0.3 is 5.32 Å². The first kappa shape index (κ1) is 7.05. The van der Waals surface area contributed by atoms with Crippen molar-refractivity contribution >= 4 is 17.3 Å². The molecule has 3 N–H and O–H groups in total. The van der Waals surface area contributed by atoms with E-state index in [2.05, 4.69) is 10.3 Å². The smallest absolute Gasteiger partial charge is 0.245 e. The molecule has 2 heterocycles. The summed E-state index contributed by atoms with van der Waals surface area (Å²) >= 11 is 0. The molecule has 0 saturated carbocycles. The number of nitrogens with two attached hydrogens (primary N) is 1. The molecule has 0 radical (unpaired) electrons. The Morgan fingerprint density at radius 1 is 1.67 bits per heavy atom. The van der Waals surface area contributed by atoms with Gasteiger partial charge in [-0.05, 0) is 6.07 Å². The second kappa shape index (κ2) is 2.46. The predicted molar refractivity (Wildman–Crippen MR) is 44.4 cm³/mol. The molecule has 5 nitrogen and oxygen atoms in total. The van der Waals surface area contributed by atoms with E-state index in [1.54, 1.807) is 18.5 Å². The molecule has 62 valence electrons. The van der Waals surface area contributed by atoms with Gasteiger partial charge in [0, 0.05) is 6.20 Å². The first-order valence-corrected chi connectivity index (χ1v) is 3.53. The van der Waals surface area contributed by atoms with Crippen molar-refractivity contribution in [2.75, 3.05) is 16.9 Å². The number of aromatic nitrogens is 1. The lowest BCUT2D eigenvalue weighted by Crippen LogP contribution is -2.42. The highest BCUT2D eigenvalue weighted by Crippen LogP contribution is 2.24. The molecule has 0 aromatic carbocycles. The van der Waals surface area contributed by atoms with E-state index in [0.717, 1.165) is 5.69 Å². The second-order valence-corrected chi connectivity index (χ2v) is 2.57. The summed E-state index contributed by atoms with van der Waals surface area (Å²) in [5.41, 5.74) is 1.46. The van der Waals surface area contributed by atoms with Crippen LogP contribution in [-0.4, -0.2) is 17.4 Å². The average molecular weight is 164 g/mol. The number of carbonyl (C=O) groups excluding carboxylic acids is 1. The van der Waals surface area contributed by atoms with E-state index in [1.807, 2.05) is 0 Å². The van der Waals surface area contributed by atoms with Crippen molar-refractivity contribution in [3.05, 3.63) is 18.5 Å². The van der Waals surface area contributed by atoms with Crippen molar-refractivity contribution in [3.8, 4) is 0 Å². The summed E-state index contributed by atoms with van der Waals surface area (Å²) in [5, 5.41) is 4.07. The Balaban J connectivity index is 2.47. The van der Waals surface area contributed by atoms with Gasteiger partial charge in [-0.3, -0.25) is 14.8 Å². The molecule has 0 atom stereocenters. The van der Waals surface area contributed by atoms with E-state index in [9.17, 15) is 4.79 Å². The van der Waals surface area contributed by atoms with Gasteiger partial charge in [0.15, 0.2) is 0 Å². The molecule has 1 aliphatic rings. The van der Waals surface area contributed by atoms with Crippen molar-refractivity contribution in [1.29, 1.82) is 0 Å². The molecule has 0 bridgehead atoms. The van der Waals surface area contributed by atoms with Crippen LogP contribution in [0.15, 0.2) is 18.5 Å². The molecule has 1 aromatic heterocycles. The van der Waals surface area contributed by atoms with Crippen molar-refractivity contribution in [1.82, 2.24) is 4.98 Å². The van der Waals surface area contributed by atoms with E-state index in [4.69, 9.17) is 5.84 Å². The number of nitrogens with zero attached hydrogens (tertiary/aromatic N) is 2. The molecule has 5 heteroatoms. The van der Waals surface area contributed by atoms with Crippen LogP contribution in [0.1, 0.15) is 0 Å². The number of carbonyl (C=O) groups is 1. The number of hydrazine groups is 1. The number of rotatable bonds is 0. The van der Waals surface area contributed by atoms with Gasteiger partial charge in [-0.1, -0.05) is 0 Å². The Morgan fingerprint density at radius 3 is 3.33 bits per heavy atom. The van der Waals surface area contributed by atoms with Crippen LogP contribution in [0, 0.1) is 0 Å². The first-order chi connectivity index (χ1) is 5.77. The SMILES string of the molecule is NN1CC(=O)Nc2cnccc21. The maximum Gasteiger partial charge on any atom is 0.245 e. The Morgan fingerprint density at radius 2 is 2.50 bits per heavy atom. The summed E-state index contributed by atoms with van der Waals surface area (Å²) in [6, 6.07) is 1.76. The number of pyridine rings is 1. The topological polar surface area (TPSA) is 71.2 Å². The van der Waals surface area contributed by atoms with Gasteiger partial charge in [0.25, 0.3) is 0 Å². The minimum Gasteiger partial charge on any atom is -0.321 e. The summed E-state index contributed by atoms with van der Waals surface area (Å²) < 4.78 is 0. The molecule has 0 fully saturated rings. The first-order valence-electron chi connectivity index (χ1n) is 3.53. The summed E-state index contributed by atoms with van der Waals surface area (Å²) in [4.78, 5) is 14.8. The summed E-state index contributed by atoms with van der Waals surface area (Å²) in [7, 11) is 0. The van der Waals surface area contributed by atoms with Gasteiger partial charge in [-0.15, -0.1) is 0 Å². The maximum absolute atomic E-state index is 11.0. The largest absolute Gasteiger partial charge is 0.321 e. The number of hydrogen-bond acceptors (Lipinski definition) is 4. The van der Waals surface area contributed by atoms with Gasteiger partial charge in [-0.25, -0.2) is 5.84 Å². The molecule has 1 aliphatic heterocycles. The lowest BCUT2D eigenvalue weighted by Gasteiger charge is -2.25. The predicted octanol–water partition coefficient (Wildman–Crippen LogP) is -0.286. The van der Waals surface area contributed by atoms with Crippen molar-refractivity contribution < 1.29 is 4.79 Å². The minimum absolute atomic E-state index is 0.113. The Hall–Kier alpha value is -1.62. The van der Waals surface area contributed by atoms with E-state index < -0.39 is 0 Å². The van der Waals surface area contributed by atoms with Crippen LogP contribution in [0.5, 0.6) is 0 Å². The highest BCUT2D eigenvalue weighted by Gasteiger charge is 2.18. The zero-order valence-corrected chi connectivity index (χ0v) is 6.32. The summed E-state index contributed by atoms with van der Waals surface area (Å²) in [5.74, 6) is 5.47. The van der Waals surface area contributed by atoms with Crippen molar-refractivity contribution in [2.24, 2.45) is 5.84 Å². The molecule has 12 heavy (non-hydrogen) atoms. The highest BCUT2D eigenvalue weighted by molar-refractivity contribution is 6.00. The van der Waals surface area contributed by atoms with Crippen molar-refractivity contribution in [2.45, 2.75) is 0 Å². The van der Waals surface area contributed by atoms with Gasteiger partial charge in [-0.2, -0.15) is 0 Å². The molecule has 0 aliphatic carbocycles. The molecule has 1 aromatic rings. The quantitative estimate of drug-likeness (QED) is 0.517. The third-order valence-electron chi connectivity index (χ3n) is 1.70. The molecule has 0 saturated heterocycles. The highest BCUT2D eigenvalue weighted by atomic mass is 16.2. The maximum atomic E-state index is 11.0. The molecule has 0 unspecified atom stereocenters. The van der Waals surface area contributed by atoms with Gasteiger partial charge in [0.2, 0.25) is 5.91 Å². The van der Waals surface area contributed by atoms with Gasteiger partial charge in [0.05, 0.1) is 17.6 Å². The lowest BCUT2D eigenvalue weighted by atomic mass is 10.3. The molecule has 0 spiro atoms.